The Hall–Kier alpha value is -2.67. The average Bonchev–Trinajstić information content (AvgIpc) is 2.71. The van der Waals surface area contributed by atoms with Gasteiger partial charge in [0.1, 0.15) is 11.5 Å². The average molecular weight is 389 g/mol. The number of para-hydroxylation sites is 1. The quantitative estimate of drug-likeness (QED) is 0.498. The first-order chi connectivity index (χ1) is 13.1. The van der Waals surface area contributed by atoms with Crippen LogP contribution in [0.2, 0.25) is 0 Å². The molecule has 0 spiro atoms. The number of methoxy groups -OCH3 is 2. The zero-order valence-electron chi connectivity index (χ0n) is 15.4. The molecule has 0 atom stereocenters. The van der Waals surface area contributed by atoms with E-state index in [0.29, 0.717) is 13.0 Å². The maximum atomic E-state index is 11.8. The fourth-order valence-electron chi connectivity index (χ4n) is 2.30. The lowest BCUT2D eigenvalue weighted by atomic mass is 10.1. The van der Waals surface area contributed by atoms with Crippen LogP contribution in [0.1, 0.15) is 5.56 Å². The Balaban J connectivity index is 1.63. The van der Waals surface area contributed by atoms with Crippen LogP contribution >= 0.6 is 11.8 Å². The topological polar surface area (TPSA) is 73.9 Å². The summed E-state index contributed by atoms with van der Waals surface area (Å²) in [5.74, 6) is 0.921. The summed E-state index contributed by atoms with van der Waals surface area (Å²) >= 11 is 1.34. The third-order valence-electron chi connectivity index (χ3n) is 3.69. The fraction of sp³-hybridized carbons (Fsp3) is 0.300. The molecular formula is C20H23NO5S. The Kier molecular flexibility index (Phi) is 8.51. The van der Waals surface area contributed by atoms with Gasteiger partial charge in [-0.3, -0.25) is 9.59 Å². The van der Waals surface area contributed by atoms with Crippen molar-refractivity contribution in [1.82, 2.24) is 5.32 Å². The van der Waals surface area contributed by atoms with Gasteiger partial charge in [-0.25, -0.2) is 0 Å². The number of ether oxygens (including phenoxy) is 3. The van der Waals surface area contributed by atoms with E-state index in [-0.39, 0.29) is 18.3 Å². The highest BCUT2D eigenvalue weighted by atomic mass is 32.2. The molecule has 0 aromatic heterocycles. The number of thioether (sulfide) groups is 1. The summed E-state index contributed by atoms with van der Waals surface area (Å²) in [5.41, 5.74) is 1.01. The van der Waals surface area contributed by atoms with Gasteiger partial charge in [0.2, 0.25) is 0 Å². The molecule has 0 heterocycles. The zero-order valence-corrected chi connectivity index (χ0v) is 16.2. The molecule has 0 aliphatic carbocycles. The van der Waals surface area contributed by atoms with Crippen LogP contribution in [-0.4, -0.2) is 45.0 Å². The monoisotopic (exact) mass is 389 g/mol. The largest absolute Gasteiger partial charge is 0.497 e. The maximum Gasteiger partial charge on any atom is 0.316 e. The third-order valence-corrected chi connectivity index (χ3v) is 4.67. The summed E-state index contributed by atoms with van der Waals surface area (Å²) in [7, 11) is 3.21. The normalized spacial score (nSPS) is 10.1. The van der Waals surface area contributed by atoms with E-state index < -0.39 is 5.97 Å². The number of carbonyl (C=O) groups is 2. The highest BCUT2D eigenvalue weighted by Crippen LogP contribution is 2.21. The minimum Gasteiger partial charge on any atom is -0.497 e. The van der Waals surface area contributed by atoms with Crippen molar-refractivity contribution in [1.29, 1.82) is 0 Å². The van der Waals surface area contributed by atoms with Crippen LogP contribution in [0.5, 0.6) is 11.5 Å². The molecule has 0 radical (unpaired) electrons. The van der Waals surface area contributed by atoms with Gasteiger partial charge in [-0.05, 0) is 42.3 Å². The predicted molar refractivity (Wildman–Crippen MR) is 104 cm³/mol. The van der Waals surface area contributed by atoms with Crippen molar-refractivity contribution in [3.63, 3.8) is 0 Å². The van der Waals surface area contributed by atoms with Crippen molar-refractivity contribution < 1.29 is 23.8 Å². The summed E-state index contributed by atoms with van der Waals surface area (Å²) < 4.78 is 15.3. The van der Waals surface area contributed by atoms with Gasteiger partial charge in [-0.15, -0.1) is 11.8 Å². The van der Waals surface area contributed by atoms with E-state index in [0.717, 1.165) is 22.0 Å². The van der Waals surface area contributed by atoms with Crippen LogP contribution in [0.25, 0.3) is 0 Å². The summed E-state index contributed by atoms with van der Waals surface area (Å²) in [5, 5.41) is 2.73. The number of benzene rings is 2. The van der Waals surface area contributed by atoms with E-state index >= 15 is 0 Å². The molecule has 144 valence electrons. The number of hydrogen-bond acceptors (Lipinski definition) is 6. The van der Waals surface area contributed by atoms with E-state index in [4.69, 9.17) is 14.2 Å². The number of carbonyl (C=O) groups excluding carboxylic acids is 2. The van der Waals surface area contributed by atoms with Gasteiger partial charge >= 0.3 is 5.97 Å². The first kappa shape index (κ1) is 20.6. The molecule has 0 fully saturated rings. The molecule has 7 heteroatoms. The number of amides is 1. The Labute approximate surface area is 163 Å². The number of esters is 1. The van der Waals surface area contributed by atoms with Gasteiger partial charge in [0, 0.05) is 11.4 Å². The van der Waals surface area contributed by atoms with Crippen molar-refractivity contribution >= 4 is 23.6 Å². The predicted octanol–water partition coefficient (Wildman–Crippen LogP) is 2.70. The van der Waals surface area contributed by atoms with Crippen molar-refractivity contribution in [3.05, 3.63) is 54.1 Å². The molecule has 27 heavy (non-hydrogen) atoms. The molecule has 0 unspecified atom stereocenters. The minimum absolute atomic E-state index is 0.140. The molecule has 0 aliphatic rings. The molecule has 0 saturated heterocycles. The second-order valence-electron chi connectivity index (χ2n) is 5.54. The highest BCUT2D eigenvalue weighted by molar-refractivity contribution is 8.00. The summed E-state index contributed by atoms with van der Waals surface area (Å²) in [4.78, 5) is 24.5. The van der Waals surface area contributed by atoms with E-state index in [1.54, 1.807) is 14.2 Å². The summed E-state index contributed by atoms with van der Waals surface area (Å²) in [6, 6.07) is 15.0. The summed E-state index contributed by atoms with van der Waals surface area (Å²) in [6.45, 7) is 0.158. The molecule has 2 aromatic carbocycles. The van der Waals surface area contributed by atoms with Crippen LogP contribution in [-0.2, 0) is 20.7 Å². The van der Waals surface area contributed by atoms with Crippen LogP contribution in [0.3, 0.4) is 0 Å². The number of hydrogen-bond donors (Lipinski definition) is 1. The smallest absolute Gasteiger partial charge is 0.316 e. The van der Waals surface area contributed by atoms with Crippen LogP contribution in [0.4, 0.5) is 0 Å². The van der Waals surface area contributed by atoms with E-state index in [9.17, 15) is 9.59 Å². The van der Waals surface area contributed by atoms with E-state index in [1.807, 2.05) is 48.5 Å². The molecule has 0 aliphatic heterocycles. The zero-order chi connectivity index (χ0) is 19.5. The molecule has 1 N–H and O–H groups in total. The summed E-state index contributed by atoms with van der Waals surface area (Å²) in [6.07, 6.45) is 0.636. The Morgan fingerprint density at radius 3 is 2.44 bits per heavy atom. The second-order valence-corrected chi connectivity index (χ2v) is 6.59. The molecule has 6 nitrogen and oxygen atoms in total. The first-order valence-electron chi connectivity index (χ1n) is 8.43. The van der Waals surface area contributed by atoms with Gasteiger partial charge in [-0.2, -0.15) is 0 Å². The van der Waals surface area contributed by atoms with Crippen molar-refractivity contribution in [2.24, 2.45) is 0 Å². The lowest BCUT2D eigenvalue weighted by molar-refractivity contribution is -0.145. The van der Waals surface area contributed by atoms with E-state index in [2.05, 4.69) is 5.32 Å². The van der Waals surface area contributed by atoms with Gasteiger partial charge < -0.3 is 19.5 Å². The molecule has 0 saturated carbocycles. The SMILES string of the molecule is COc1ccc(SCC(=O)OCC(=O)NCCc2ccccc2OC)cc1. The Morgan fingerprint density at radius 2 is 1.74 bits per heavy atom. The fourth-order valence-corrected chi connectivity index (χ4v) is 3.00. The first-order valence-corrected chi connectivity index (χ1v) is 9.42. The second kappa shape index (κ2) is 11.1. The van der Waals surface area contributed by atoms with Crippen molar-refractivity contribution in [2.45, 2.75) is 11.3 Å². The van der Waals surface area contributed by atoms with Crippen molar-refractivity contribution in [2.75, 3.05) is 33.1 Å². The van der Waals surface area contributed by atoms with Crippen LogP contribution < -0.4 is 14.8 Å². The molecule has 2 rings (SSSR count). The highest BCUT2D eigenvalue weighted by Gasteiger charge is 2.09. The minimum atomic E-state index is -0.435. The van der Waals surface area contributed by atoms with Gasteiger partial charge in [0.05, 0.1) is 20.0 Å². The third kappa shape index (κ3) is 7.22. The van der Waals surface area contributed by atoms with Gasteiger partial charge in [-0.1, -0.05) is 18.2 Å². The van der Waals surface area contributed by atoms with Crippen LogP contribution in [0.15, 0.2) is 53.4 Å². The lowest BCUT2D eigenvalue weighted by Gasteiger charge is -2.09. The molecule has 0 bridgehead atoms. The standard InChI is InChI=1S/C20H23NO5S/c1-24-16-7-9-17(10-8-16)27-14-20(23)26-13-19(22)21-12-11-15-5-3-4-6-18(15)25-2/h3-10H,11-14H2,1-2H3,(H,21,22). The van der Waals surface area contributed by atoms with E-state index in [1.165, 1.54) is 11.8 Å². The van der Waals surface area contributed by atoms with Gasteiger partial charge in [0.25, 0.3) is 5.91 Å². The maximum absolute atomic E-state index is 11.8. The number of nitrogens with one attached hydrogen (secondary N) is 1. The Morgan fingerprint density at radius 1 is 1.00 bits per heavy atom. The molecule has 1 amide bonds. The number of rotatable bonds is 10. The molecule has 2 aromatic rings. The van der Waals surface area contributed by atoms with Gasteiger partial charge in [0.15, 0.2) is 6.61 Å². The molecular weight excluding hydrogens is 366 g/mol. The van der Waals surface area contributed by atoms with Crippen LogP contribution in [0, 0.1) is 0 Å². The van der Waals surface area contributed by atoms with Crippen molar-refractivity contribution in [3.8, 4) is 11.5 Å². The Bertz CT molecular complexity index is 748. The lowest BCUT2D eigenvalue weighted by Crippen LogP contribution is -2.30.